The number of nitrogens with zero attached hydrogens (tertiary/aromatic N) is 2. The fraction of sp³-hybridized carbons (Fsp3) is 0.235. The number of halogens is 3. The zero-order valence-corrected chi connectivity index (χ0v) is 28.2. The van der Waals surface area contributed by atoms with Gasteiger partial charge in [0.15, 0.2) is 0 Å². The molecule has 0 heterocycles. The second-order valence-corrected chi connectivity index (χ2v) is 14.1. The highest BCUT2D eigenvalue weighted by molar-refractivity contribution is 7.92. The van der Waals surface area contributed by atoms with Gasteiger partial charge in [-0.05, 0) is 74.4 Å². The molecule has 4 rings (SSSR count). The van der Waals surface area contributed by atoms with E-state index in [4.69, 9.17) is 34.8 Å². The first-order valence-corrected chi connectivity index (χ1v) is 16.8. The van der Waals surface area contributed by atoms with Gasteiger partial charge in [0.25, 0.3) is 10.0 Å². The molecule has 11 heteroatoms. The van der Waals surface area contributed by atoms with Crippen molar-refractivity contribution in [3.8, 4) is 0 Å². The zero-order chi connectivity index (χ0) is 32.7. The number of hydrogen-bond donors (Lipinski definition) is 1. The molecule has 236 valence electrons. The summed E-state index contributed by atoms with van der Waals surface area (Å²) in [7, 11) is -4.24. The van der Waals surface area contributed by atoms with E-state index in [1.165, 1.54) is 23.1 Å². The van der Waals surface area contributed by atoms with Crippen LogP contribution < -0.4 is 9.62 Å². The third-order valence-electron chi connectivity index (χ3n) is 7.04. The molecule has 0 aromatic heterocycles. The van der Waals surface area contributed by atoms with Crippen molar-refractivity contribution in [3.63, 3.8) is 0 Å². The molecular weight excluding hydrogens is 653 g/mol. The second-order valence-electron chi connectivity index (χ2n) is 10.9. The molecule has 0 bridgehead atoms. The normalized spacial score (nSPS) is 12.1. The molecule has 4 aromatic rings. The molecule has 0 saturated heterocycles. The number of nitrogens with one attached hydrogen (secondary N) is 1. The van der Waals surface area contributed by atoms with Gasteiger partial charge in [-0.2, -0.15) is 0 Å². The highest BCUT2D eigenvalue weighted by Crippen LogP contribution is 2.28. The van der Waals surface area contributed by atoms with Gasteiger partial charge < -0.3 is 10.2 Å². The van der Waals surface area contributed by atoms with Crippen LogP contribution in [0.2, 0.25) is 15.1 Å². The Bertz CT molecular complexity index is 1750. The molecule has 1 N–H and O–H groups in total. The fourth-order valence-electron chi connectivity index (χ4n) is 4.77. The number of anilines is 1. The first-order valence-electron chi connectivity index (χ1n) is 14.3. The molecule has 0 aliphatic rings. The largest absolute Gasteiger partial charge is 0.352 e. The SMILES string of the molecule is Cc1ccc(S(=O)(=O)N(CC(=O)N(Cc2ccc(Cl)cc2Cl)[C@H](Cc2ccccc2)C(=O)NC(C)C)c2cccc(Cl)c2)cc1. The number of benzene rings is 4. The highest BCUT2D eigenvalue weighted by Gasteiger charge is 2.35. The molecular formula is C34H34Cl3N3O4S. The maximum Gasteiger partial charge on any atom is 0.264 e. The van der Waals surface area contributed by atoms with Gasteiger partial charge in [-0.25, -0.2) is 8.42 Å². The molecule has 7 nitrogen and oxygen atoms in total. The first-order chi connectivity index (χ1) is 21.3. The lowest BCUT2D eigenvalue weighted by Gasteiger charge is -2.34. The minimum Gasteiger partial charge on any atom is -0.352 e. The topological polar surface area (TPSA) is 86.8 Å². The van der Waals surface area contributed by atoms with E-state index in [0.717, 1.165) is 15.4 Å². The van der Waals surface area contributed by atoms with Gasteiger partial charge in [0.1, 0.15) is 12.6 Å². The van der Waals surface area contributed by atoms with Crippen molar-refractivity contribution in [2.24, 2.45) is 0 Å². The summed E-state index contributed by atoms with van der Waals surface area (Å²) in [4.78, 5) is 29.6. The van der Waals surface area contributed by atoms with Crippen LogP contribution in [0.1, 0.15) is 30.5 Å². The minimum absolute atomic E-state index is 0.00607. The number of carbonyl (C=O) groups is 2. The average Bonchev–Trinajstić information content (AvgIpc) is 2.98. The van der Waals surface area contributed by atoms with E-state index < -0.39 is 28.5 Å². The Kier molecular flexibility index (Phi) is 11.6. The van der Waals surface area contributed by atoms with Gasteiger partial charge in [0, 0.05) is 34.1 Å². The monoisotopic (exact) mass is 685 g/mol. The lowest BCUT2D eigenvalue weighted by Crippen LogP contribution is -2.54. The van der Waals surface area contributed by atoms with E-state index in [9.17, 15) is 18.0 Å². The summed E-state index contributed by atoms with van der Waals surface area (Å²) < 4.78 is 29.2. The number of amides is 2. The quantitative estimate of drug-likeness (QED) is 0.169. The van der Waals surface area contributed by atoms with Crippen LogP contribution in [0.5, 0.6) is 0 Å². The van der Waals surface area contributed by atoms with Gasteiger partial charge in [-0.15, -0.1) is 0 Å². The van der Waals surface area contributed by atoms with E-state index in [1.807, 2.05) is 51.1 Å². The van der Waals surface area contributed by atoms with Crippen LogP contribution in [-0.4, -0.2) is 43.8 Å². The molecule has 0 radical (unpaired) electrons. The van der Waals surface area contributed by atoms with E-state index in [1.54, 1.807) is 48.5 Å². The minimum atomic E-state index is -4.24. The van der Waals surface area contributed by atoms with Crippen LogP contribution in [0, 0.1) is 6.92 Å². The number of rotatable bonds is 12. The fourth-order valence-corrected chi connectivity index (χ4v) is 6.82. The van der Waals surface area contributed by atoms with Crippen molar-refractivity contribution >= 4 is 62.3 Å². The number of aryl methyl sites for hydroxylation is 1. The van der Waals surface area contributed by atoms with Crippen molar-refractivity contribution in [2.45, 2.75) is 50.7 Å². The van der Waals surface area contributed by atoms with Crippen molar-refractivity contribution in [1.29, 1.82) is 0 Å². The summed E-state index contributed by atoms with van der Waals surface area (Å²) in [5.74, 6) is -1.00. The van der Waals surface area contributed by atoms with Crippen molar-refractivity contribution in [2.75, 3.05) is 10.8 Å². The second kappa shape index (κ2) is 15.1. The summed E-state index contributed by atoms with van der Waals surface area (Å²) in [5.41, 5.74) is 2.44. The summed E-state index contributed by atoms with van der Waals surface area (Å²) in [6.45, 7) is 4.82. The van der Waals surface area contributed by atoms with Gasteiger partial charge in [0.05, 0.1) is 10.6 Å². The highest BCUT2D eigenvalue weighted by atomic mass is 35.5. The summed E-state index contributed by atoms with van der Waals surface area (Å²) in [5, 5.41) is 3.94. The average molecular weight is 687 g/mol. The van der Waals surface area contributed by atoms with Crippen LogP contribution in [0.15, 0.2) is 102 Å². The predicted octanol–water partition coefficient (Wildman–Crippen LogP) is 7.32. The molecule has 0 aliphatic carbocycles. The molecule has 0 saturated carbocycles. The maximum absolute atomic E-state index is 14.5. The predicted molar refractivity (Wildman–Crippen MR) is 181 cm³/mol. The van der Waals surface area contributed by atoms with E-state index >= 15 is 0 Å². The molecule has 45 heavy (non-hydrogen) atoms. The number of sulfonamides is 1. The molecule has 0 spiro atoms. The molecule has 1 atom stereocenters. The Morgan fingerprint density at radius 1 is 0.822 bits per heavy atom. The molecule has 4 aromatic carbocycles. The number of carbonyl (C=O) groups excluding carboxylic acids is 2. The Morgan fingerprint density at radius 2 is 1.49 bits per heavy atom. The Hall–Kier alpha value is -3.56. The van der Waals surface area contributed by atoms with Crippen LogP contribution in [0.25, 0.3) is 0 Å². The molecule has 0 unspecified atom stereocenters. The lowest BCUT2D eigenvalue weighted by atomic mass is 10.0. The van der Waals surface area contributed by atoms with Gasteiger partial charge in [-0.1, -0.05) is 95.0 Å². The van der Waals surface area contributed by atoms with Gasteiger partial charge in [-0.3, -0.25) is 13.9 Å². The first kappa shape index (κ1) is 34.3. The zero-order valence-electron chi connectivity index (χ0n) is 25.1. The van der Waals surface area contributed by atoms with Crippen LogP contribution in [-0.2, 0) is 32.6 Å². The molecule has 2 amide bonds. The molecule has 0 fully saturated rings. The molecule has 0 aliphatic heterocycles. The van der Waals surface area contributed by atoms with Gasteiger partial charge in [0.2, 0.25) is 11.8 Å². The third-order valence-corrected chi connectivity index (χ3v) is 9.65. The summed E-state index contributed by atoms with van der Waals surface area (Å²) in [6, 6.07) is 25.6. The lowest BCUT2D eigenvalue weighted by molar-refractivity contribution is -0.140. The standard InChI is InChI=1S/C34H34Cl3N3O4S/c1-23(2)38-34(42)32(18-25-8-5-4-6-9-25)39(21-26-14-15-28(36)20-31(26)37)33(41)22-40(29-11-7-10-27(35)19-29)45(43,44)30-16-12-24(3)13-17-30/h4-17,19-20,23,32H,18,21-22H2,1-3H3,(H,38,42)/t32-/m1/s1. The van der Waals surface area contributed by atoms with Crippen LogP contribution >= 0.6 is 34.8 Å². The van der Waals surface area contributed by atoms with E-state index in [0.29, 0.717) is 20.6 Å². The third kappa shape index (κ3) is 9.01. The Labute approximate surface area is 279 Å². The van der Waals surface area contributed by atoms with Gasteiger partial charge >= 0.3 is 0 Å². The van der Waals surface area contributed by atoms with Crippen LogP contribution in [0.4, 0.5) is 5.69 Å². The Morgan fingerprint density at radius 3 is 2.11 bits per heavy atom. The smallest absolute Gasteiger partial charge is 0.264 e. The summed E-state index contributed by atoms with van der Waals surface area (Å²) >= 11 is 19.0. The van der Waals surface area contributed by atoms with Crippen LogP contribution in [0.3, 0.4) is 0 Å². The maximum atomic E-state index is 14.5. The van der Waals surface area contributed by atoms with Crippen molar-refractivity contribution in [1.82, 2.24) is 10.2 Å². The van der Waals surface area contributed by atoms with Crippen molar-refractivity contribution < 1.29 is 18.0 Å². The van der Waals surface area contributed by atoms with Crippen molar-refractivity contribution in [3.05, 3.63) is 129 Å². The van der Waals surface area contributed by atoms with E-state index in [-0.39, 0.29) is 35.5 Å². The Balaban J connectivity index is 1.83. The number of hydrogen-bond acceptors (Lipinski definition) is 4. The summed E-state index contributed by atoms with van der Waals surface area (Å²) in [6.07, 6.45) is 0.179. The van der Waals surface area contributed by atoms with E-state index in [2.05, 4.69) is 5.32 Å².